The van der Waals surface area contributed by atoms with E-state index in [-0.39, 0.29) is 12.3 Å². The third-order valence-electron chi connectivity index (χ3n) is 3.46. The molecule has 2 atom stereocenters. The van der Waals surface area contributed by atoms with E-state index in [9.17, 15) is 14.7 Å². The maximum absolute atomic E-state index is 12.1. The summed E-state index contributed by atoms with van der Waals surface area (Å²) >= 11 is 1.45. The molecule has 1 amide bonds. The highest BCUT2D eigenvalue weighted by Gasteiger charge is 2.30. The standard InChI is InChI=1S/C17H19NO5S/c1-22-12-7-5-11(6-8-12)16(20)15(17(21)23-2)18-14(19)10-13-4-3-9-24-13/h3-9,15-16,20H,10H2,1-2H3,(H,18,19). The van der Waals surface area contributed by atoms with Gasteiger partial charge in [-0.15, -0.1) is 11.3 Å². The molecule has 1 aromatic heterocycles. The third-order valence-corrected chi connectivity index (χ3v) is 4.34. The Kier molecular flexibility index (Phi) is 6.34. The Morgan fingerprint density at radius 2 is 1.92 bits per heavy atom. The fourth-order valence-corrected chi connectivity index (χ4v) is 2.89. The third kappa shape index (κ3) is 4.56. The smallest absolute Gasteiger partial charge is 0.331 e. The van der Waals surface area contributed by atoms with E-state index < -0.39 is 18.1 Å². The van der Waals surface area contributed by atoms with Crippen LogP contribution in [0, 0.1) is 0 Å². The molecule has 6 nitrogen and oxygen atoms in total. The van der Waals surface area contributed by atoms with Crippen LogP contribution in [-0.2, 0) is 20.7 Å². The molecular formula is C17H19NO5S. The van der Waals surface area contributed by atoms with E-state index in [4.69, 9.17) is 9.47 Å². The number of carbonyl (C=O) groups excluding carboxylic acids is 2. The molecule has 0 saturated heterocycles. The summed E-state index contributed by atoms with van der Waals surface area (Å²) in [6, 6.07) is 9.08. The number of thiophene rings is 1. The Hall–Kier alpha value is -2.38. The maximum atomic E-state index is 12.1. The molecule has 2 rings (SSSR count). The number of amides is 1. The van der Waals surface area contributed by atoms with Crippen molar-refractivity contribution in [3.63, 3.8) is 0 Å². The van der Waals surface area contributed by atoms with Gasteiger partial charge in [0.25, 0.3) is 0 Å². The van der Waals surface area contributed by atoms with Gasteiger partial charge in [-0.05, 0) is 29.1 Å². The Bertz CT molecular complexity index is 669. The Morgan fingerprint density at radius 1 is 1.21 bits per heavy atom. The number of nitrogens with one attached hydrogen (secondary N) is 1. The molecular weight excluding hydrogens is 330 g/mol. The Morgan fingerprint density at radius 3 is 2.46 bits per heavy atom. The first-order valence-corrected chi connectivity index (χ1v) is 8.14. The molecule has 1 aromatic carbocycles. The van der Waals surface area contributed by atoms with Crippen molar-refractivity contribution in [2.75, 3.05) is 14.2 Å². The van der Waals surface area contributed by atoms with Crippen molar-refractivity contribution >= 4 is 23.2 Å². The van der Waals surface area contributed by atoms with Crippen molar-refractivity contribution in [2.45, 2.75) is 18.6 Å². The van der Waals surface area contributed by atoms with E-state index >= 15 is 0 Å². The van der Waals surface area contributed by atoms with E-state index in [1.807, 2.05) is 17.5 Å². The van der Waals surface area contributed by atoms with Gasteiger partial charge in [0.15, 0.2) is 6.04 Å². The number of ether oxygens (including phenoxy) is 2. The molecule has 0 saturated carbocycles. The topological polar surface area (TPSA) is 84.9 Å². The lowest BCUT2D eigenvalue weighted by Crippen LogP contribution is -2.46. The summed E-state index contributed by atoms with van der Waals surface area (Å²) in [5.74, 6) is -0.444. The zero-order chi connectivity index (χ0) is 17.5. The number of benzene rings is 1. The summed E-state index contributed by atoms with van der Waals surface area (Å²) < 4.78 is 9.76. The van der Waals surface area contributed by atoms with E-state index in [2.05, 4.69) is 5.32 Å². The highest BCUT2D eigenvalue weighted by Crippen LogP contribution is 2.21. The van der Waals surface area contributed by atoms with Gasteiger partial charge in [-0.1, -0.05) is 18.2 Å². The first-order chi connectivity index (χ1) is 11.5. The molecule has 1 heterocycles. The minimum absolute atomic E-state index is 0.139. The van der Waals surface area contributed by atoms with Crippen LogP contribution in [0.15, 0.2) is 41.8 Å². The van der Waals surface area contributed by atoms with Crippen LogP contribution < -0.4 is 10.1 Å². The van der Waals surface area contributed by atoms with Crippen LogP contribution in [0.25, 0.3) is 0 Å². The van der Waals surface area contributed by atoms with Crippen molar-refractivity contribution in [1.82, 2.24) is 5.32 Å². The van der Waals surface area contributed by atoms with E-state index in [0.29, 0.717) is 11.3 Å². The SMILES string of the molecule is COC(=O)C(NC(=O)Cc1cccs1)C(O)c1ccc(OC)cc1. The second kappa shape index (κ2) is 8.47. The lowest BCUT2D eigenvalue weighted by Gasteiger charge is -2.22. The highest BCUT2D eigenvalue weighted by molar-refractivity contribution is 7.10. The minimum Gasteiger partial charge on any atom is -0.497 e. The fraction of sp³-hybridized carbons (Fsp3) is 0.294. The van der Waals surface area contributed by atoms with Gasteiger partial charge in [-0.2, -0.15) is 0 Å². The summed E-state index contributed by atoms with van der Waals surface area (Å²) in [6.45, 7) is 0. The largest absolute Gasteiger partial charge is 0.497 e. The second-order valence-electron chi connectivity index (χ2n) is 5.04. The van der Waals surface area contributed by atoms with Gasteiger partial charge in [0.05, 0.1) is 20.6 Å². The average molecular weight is 349 g/mol. The first-order valence-electron chi connectivity index (χ1n) is 7.26. The van der Waals surface area contributed by atoms with Gasteiger partial charge in [-0.25, -0.2) is 4.79 Å². The van der Waals surface area contributed by atoms with Crippen LogP contribution in [-0.4, -0.2) is 37.2 Å². The van der Waals surface area contributed by atoms with Crippen LogP contribution >= 0.6 is 11.3 Å². The highest BCUT2D eigenvalue weighted by atomic mass is 32.1. The summed E-state index contributed by atoms with van der Waals surface area (Å²) in [4.78, 5) is 25.0. The number of carbonyl (C=O) groups is 2. The van der Waals surface area contributed by atoms with Gasteiger partial charge < -0.3 is 19.9 Å². The molecule has 0 aliphatic heterocycles. The molecule has 0 bridgehead atoms. The average Bonchev–Trinajstić information content (AvgIpc) is 3.11. The fourth-order valence-electron chi connectivity index (χ4n) is 2.18. The molecule has 7 heteroatoms. The summed E-state index contributed by atoms with van der Waals surface area (Å²) in [6.07, 6.45) is -1.09. The molecule has 2 N–H and O–H groups in total. The monoisotopic (exact) mass is 349 g/mol. The maximum Gasteiger partial charge on any atom is 0.331 e. The molecule has 128 valence electrons. The van der Waals surface area contributed by atoms with Crippen molar-refractivity contribution in [2.24, 2.45) is 0 Å². The van der Waals surface area contributed by atoms with Crippen LogP contribution in [0.4, 0.5) is 0 Å². The number of methoxy groups -OCH3 is 2. The van der Waals surface area contributed by atoms with Crippen molar-refractivity contribution in [1.29, 1.82) is 0 Å². The van der Waals surface area contributed by atoms with Crippen molar-refractivity contribution in [3.8, 4) is 5.75 Å². The molecule has 0 aliphatic carbocycles. The van der Waals surface area contributed by atoms with Crippen LogP contribution in [0.5, 0.6) is 5.75 Å². The molecule has 24 heavy (non-hydrogen) atoms. The zero-order valence-electron chi connectivity index (χ0n) is 13.4. The first kappa shape index (κ1) is 18.0. The van der Waals surface area contributed by atoms with Gasteiger partial charge in [0.1, 0.15) is 11.9 Å². The van der Waals surface area contributed by atoms with E-state index in [1.54, 1.807) is 24.3 Å². The molecule has 0 spiro atoms. The number of hydrogen-bond acceptors (Lipinski definition) is 6. The van der Waals surface area contributed by atoms with Crippen LogP contribution in [0.1, 0.15) is 16.5 Å². The number of rotatable bonds is 7. The number of aliphatic hydroxyl groups is 1. The summed E-state index contributed by atoms with van der Waals surface area (Å²) in [5.41, 5.74) is 0.475. The number of hydrogen-bond donors (Lipinski definition) is 2. The summed E-state index contributed by atoms with van der Waals surface area (Å²) in [5, 5.41) is 14.9. The molecule has 0 aliphatic rings. The Balaban J connectivity index is 2.11. The van der Waals surface area contributed by atoms with Gasteiger partial charge >= 0.3 is 5.97 Å². The van der Waals surface area contributed by atoms with Gasteiger partial charge in [0, 0.05) is 4.88 Å². The minimum atomic E-state index is -1.23. The quantitative estimate of drug-likeness (QED) is 0.743. The summed E-state index contributed by atoms with van der Waals surface area (Å²) in [7, 11) is 2.75. The van der Waals surface area contributed by atoms with Crippen LogP contribution in [0.2, 0.25) is 0 Å². The van der Waals surface area contributed by atoms with E-state index in [0.717, 1.165) is 4.88 Å². The normalized spacial score (nSPS) is 13.0. The van der Waals surface area contributed by atoms with Crippen molar-refractivity contribution < 1.29 is 24.2 Å². The molecule has 0 radical (unpaired) electrons. The van der Waals surface area contributed by atoms with Gasteiger partial charge in [-0.3, -0.25) is 4.79 Å². The van der Waals surface area contributed by atoms with Gasteiger partial charge in [0.2, 0.25) is 5.91 Å². The number of aliphatic hydroxyl groups excluding tert-OH is 1. The zero-order valence-corrected chi connectivity index (χ0v) is 14.2. The molecule has 2 aromatic rings. The van der Waals surface area contributed by atoms with E-state index in [1.165, 1.54) is 25.6 Å². The Labute approximate surface area is 144 Å². The predicted octanol–water partition coefficient (Wildman–Crippen LogP) is 1.69. The second-order valence-corrected chi connectivity index (χ2v) is 6.07. The lowest BCUT2D eigenvalue weighted by atomic mass is 10.0. The van der Waals surface area contributed by atoms with Crippen LogP contribution in [0.3, 0.4) is 0 Å². The van der Waals surface area contributed by atoms with Crippen molar-refractivity contribution in [3.05, 3.63) is 52.2 Å². The molecule has 2 unspecified atom stereocenters. The number of esters is 1. The predicted molar refractivity (Wildman–Crippen MR) is 89.9 cm³/mol. The lowest BCUT2D eigenvalue weighted by molar-refractivity contribution is -0.148. The molecule has 0 fully saturated rings.